The second-order valence-corrected chi connectivity index (χ2v) is 8.44. The van der Waals surface area contributed by atoms with Crippen LogP contribution in [0, 0.1) is 0 Å². The molecule has 6 rings (SSSR count). The lowest BCUT2D eigenvalue weighted by atomic mass is 9.90. The van der Waals surface area contributed by atoms with Gasteiger partial charge in [-0.1, -0.05) is 72.8 Å². The number of methoxy groups -OCH3 is 1. The Kier molecular flexibility index (Phi) is 4.72. The smallest absolute Gasteiger partial charge is 0.305 e. The molecule has 0 fully saturated rings. The minimum absolute atomic E-state index is 0.275. The Morgan fingerprint density at radius 2 is 1.33 bits per heavy atom. The van der Waals surface area contributed by atoms with Gasteiger partial charge in [-0.3, -0.25) is 0 Å². The van der Waals surface area contributed by atoms with Crippen molar-refractivity contribution in [2.75, 3.05) is 13.7 Å². The van der Waals surface area contributed by atoms with Crippen molar-refractivity contribution in [2.24, 2.45) is 0 Å². The van der Waals surface area contributed by atoms with E-state index >= 15 is 0 Å². The van der Waals surface area contributed by atoms with Crippen LogP contribution in [-0.4, -0.2) is 13.7 Å². The fourth-order valence-corrected chi connectivity index (χ4v) is 4.69. The molecule has 2 aliphatic rings. The number of hydrogen-bond acceptors (Lipinski definition) is 4. The Hall–Kier alpha value is -3.92. The number of rotatable bonds is 4. The summed E-state index contributed by atoms with van der Waals surface area (Å²) in [5, 5.41) is 0. The lowest BCUT2D eigenvalue weighted by molar-refractivity contribution is -0.0459. The number of ether oxygens (including phenoxy) is 4. The molecule has 0 amide bonds. The van der Waals surface area contributed by atoms with Crippen molar-refractivity contribution in [1.29, 1.82) is 0 Å². The van der Waals surface area contributed by atoms with Gasteiger partial charge < -0.3 is 18.9 Å². The van der Waals surface area contributed by atoms with Crippen LogP contribution in [0.1, 0.15) is 28.2 Å². The predicted octanol–water partition coefficient (Wildman–Crippen LogP) is 6.09. The van der Waals surface area contributed by atoms with E-state index < -0.39 is 5.79 Å². The van der Waals surface area contributed by atoms with Gasteiger partial charge in [-0.2, -0.15) is 0 Å². The second kappa shape index (κ2) is 7.89. The van der Waals surface area contributed by atoms with Gasteiger partial charge in [0.25, 0.3) is 0 Å². The van der Waals surface area contributed by atoms with Gasteiger partial charge in [-0.05, 0) is 35.7 Å². The largest absolute Gasteiger partial charge is 0.497 e. The third-order valence-corrected chi connectivity index (χ3v) is 6.44. The first kappa shape index (κ1) is 19.7. The maximum Gasteiger partial charge on any atom is 0.305 e. The Labute approximate surface area is 193 Å². The Bertz CT molecular complexity index is 1230. The highest BCUT2D eigenvalue weighted by molar-refractivity contribution is 5.56. The zero-order valence-corrected chi connectivity index (χ0v) is 18.4. The lowest BCUT2D eigenvalue weighted by Crippen LogP contribution is -2.36. The summed E-state index contributed by atoms with van der Waals surface area (Å²) < 4.78 is 24.6. The van der Waals surface area contributed by atoms with Crippen molar-refractivity contribution in [3.63, 3.8) is 0 Å². The predicted molar refractivity (Wildman–Crippen MR) is 126 cm³/mol. The van der Waals surface area contributed by atoms with E-state index in [1.807, 2.05) is 78.9 Å². The highest BCUT2D eigenvalue weighted by Gasteiger charge is 2.46. The molecule has 4 aromatic carbocycles. The van der Waals surface area contributed by atoms with Crippen molar-refractivity contribution in [1.82, 2.24) is 0 Å². The molecular weight excluding hydrogens is 412 g/mol. The zero-order chi connectivity index (χ0) is 22.3. The van der Waals surface area contributed by atoms with Crippen molar-refractivity contribution < 1.29 is 18.9 Å². The Morgan fingerprint density at radius 1 is 0.727 bits per heavy atom. The quantitative estimate of drug-likeness (QED) is 0.388. The molecule has 33 heavy (non-hydrogen) atoms. The van der Waals surface area contributed by atoms with Crippen molar-refractivity contribution >= 4 is 0 Å². The molecule has 164 valence electrons. The highest BCUT2D eigenvalue weighted by atomic mass is 16.7. The molecule has 1 atom stereocenters. The standard InChI is InChI=1S/C29H24O4/c1-30-25-14-12-20(13-15-25)22-16-21-17-27-28(18-26(21)31-19-22)33-29(32-27,23-8-4-2-5-9-23)24-10-6-3-7-11-24/h2-15,17-18,22H,16,19H2,1H3. The van der Waals surface area contributed by atoms with Crippen molar-refractivity contribution in [3.8, 4) is 23.0 Å². The van der Waals surface area contributed by atoms with Gasteiger partial charge in [0.15, 0.2) is 11.5 Å². The van der Waals surface area contributed by atoms with E-state index in [4.69, 9.17) is 18.9 Å². The summed E-state index contributed by atoms with van der Waals surface area (Å²) in [6.07, 6.45) is 0.877. The maximum absolute atomic E-state index is 6.61. The van der Waals surface area contributed by atoms with E-state index in [-0.39, 0.29) is 5.92 Å². The normalized spacial score (nSPS) is 17.7. The Morgan fingerprint density at radius 3 is 1.94 bits per heavy atom. The monoisotopic (exact) mass is 436 g/mol. The van der Waals surface area contributed by atoms with Crippen LogP contribution in [0.15, 0.2) is 97.1 Å². The minimum Gasteiger partial charge on any atom is -0.497 e. The summed E-state index contributed by atoms with van der Waals surface area (Å²) in [5.74, 6) is 2.41. The van der Waals surface area contributed by atoms with Crippen LogP contribution in [-0.2, 0) is 12.2 Å². The Balaban J connectivity index is 1.35. The fraction of sp³-hybridized carbons (Fsp3) is 0.172. The van der Waals surface area contributed by atoms with Gasteiger partial charge in [-0.15, -0.1) is 0 Å². The zero-order valence-electron chi connectivity index (χ0n) is 18.4. The first-order valence-corrected chi connectivity index (χ1v) is 11.2. The molecule has 4 aromatic rings. The summed E-state index contributed by atoms with van der Waals surface area (Å²) in [5.41, 5.74) is 4.26. The number of benzene rings is 4. The fourth-order valence-electron chi connectivity index (χ4n) is 4.69. The summed E-state index contributed by atoms with van der Waals surface area (Å²) in [6.45, 7) is 0.626. The molecule has 2 aliphatic heterocycles. The molecule has 0 spiro atoms. The van der Waals surface area contributed by atoms with Crippen LogP contribution in [0.2, 0.25) is 0 Å². The summed E-state index contributed by atoms with van der Waals surface area (Å²) >= 11 is 0. The summed E-state index contributed by atoms with van der Waals surface area (Å²) in [4.78, 5) is 0. The summed E-state index contributed by atoms with van der Waals surface area (Å²) in [6, 6.07) is 32.4. The van der Waals surface area contributed by atoms with E-state index in [0.29, 0.717) is 12.4 Å². The van der Waals surface area contributed by atoms with E-state index in [0.717, 1.165) is 40.4 Å². The van der Waals surface area contributed by atoms with E-state index in [1.54, 1.807) is 7.11 Å². The number of fused-ring (bicyclic) bond motifs is 2. The van der Waals surface area contributed by atoms with E-state index in [2.05, 4.69) is 18.2 Å². The molecule has 0 saturated heterocycles. The molecule has 0 saturated carbocycles. The lowest BCUT2D eigenvalue weighted by Gasteiger charge is -2.28. The first-order chi connectivity index (χ1) is 16.2. The molecule has 0 N–H and O–H groups in total. The van der Waals surface area contributed by atoms with Crippen LogP contribution in [0.3, 0.4) is 0 Å². The second-order valence-electron chi connectivity index (χ2n) is 8.44. The van der Waals surface area contributed by atoms with Crippen LogP contribution >= 0.6 is 0 Å². The molecular formula is C29H24O4. The first-order valence-electron chi connectivity index (χ1n) is 11.2. The van der Waals surface area contributed by atoms with Gasteiger partial charge >= 0.3 is 5.79 Å². The third-order valence-electron chi connectivity index (χ3n) is 6.44. The topological polar surface area (TPSA) is 36.9 Å². The van der Waals surface area contributed by atoms with Gasteiger partial charge in [0.2, 0.25) is 0 Å². The van der Waals surface area contributed by atoms with E-state index in [9.17, 15) is 0 Å². The van der Waals surface area contributed by atoms with Crippen LogP contribution in [0.4, 0.5) is 0 Å². The molecule has 4 nitrogen and oxygen atoms in total. The molecule has 2 heterocycles. The van der Waals surface area contributed by atoms with Crippen molar-refractivity contribution in [3.05, 3.63) is 119 Å². The molecule has 0 bridgehead atoms. The molecule has 4 heteroatoms. The molecule has 0 aromatic heterocycles. The van der Waals surface area contributed by atoms with Crippen LogP contribution in [0.25, 0.3) is 0 Å². The van der Waals surface area contributed by atoms with Gasteiger partial charge in [-0.25, -0.2) is 0 Å². The molecule has 0 radical (unpaired) electrons. The maximum atomic E-state index is 6.61. The average Bonchev–Trinajstić information content (AvgIpc) is 3.27. The summed E-state index contributed by atoms with van der Waals surface area (Å²) in [7, 11) is 1.68. The van der Waals surface area contributed by atoms with Crippen LogP contribution < -0.4 is 18.9 Å². The van der Waals surface area contributed by atoms with Crippen LogP contribution in [0.5, 0.6) is 23.0 Å². The highest BCUT2D eigenvalue weighted by Crippen LogP contribution is 2.51. The van der Waals surface area contributed by atoms with Crippen molar-refractivity contribution in [2.45, 2.75) is 18.1 Å². The van der Waals surface area contributed by atoms with Gasteiger partial charge in [0, 0.05) is 23.1 Å². The molecule has 1 unspecified atom stereocenters. The minimum atomic E-state index is -1.02. The van der Waals surface area contributed by atoms with E-state index in [1.165, 1.54) is 5.56 Å². The third kappa shape index (κ3) is 3.39. The average molecular weight is 437 g/mol. The SMILES string of the molecule is COc1ccc(C2COc3cc4c(cc3C2)OC(c2ccccc2)(c2ccccc2)O4)cc1. The molecule has 0 aliphatic carbocycles. The number of hydrogen-bond donors (Lipinski definition) is 0. The van der Waals surface area contributed by atoms with Gasteiger partial charge in [0.1, 0.15) is 11.5 Å². The van der Waals surface area contributed by atoms with Gasteiger partial charge in [0.05, 0.1) is 13.7 Å².